The van der Waals surface area contributed by atoms with Crippen LogP contribution >= 0.6 is 42.4 Å². The Bertz CT molecular complexity index is 189. The van der Waals surface area contributed by atoms with E-state index in [0.717, 1.165) is 0 Å². The van der Waals surface area contributed by atoms with Gasteiger partial charge in [0.2, 0.25) is 0 Å². The van der Waals surface area contributed by atoms with Crippen LogP contribution in [0.4, 0.5) is 0 Å². The molecule has 0 amide bonds. The van der Waals surface area contributed by atoms with Crippen molar-refractivity contribution in [1.29, 1.82) is 0 Å². The summed E-state index contributed by atoms with van der Waals surface area (Å²) >= 11 is 0.608. The number of halogens is 2. The molecule has 0 unspecified atom stereocenters. The fourth-order valence-electron chi connectivity index (χ4n) is 0.695. The third kappa shape index (κ3) is 2.38. The Kier molecular flexibility index (Phi) is 3.98. The third-order valence-electron chi connectivity index (χ3n) is 1.22. The molecule has 0 aromatic heterocycles. The van der Waals surface area contributed by atoms with Crippen molar-refractivity contribution in [3.05, 3.63) is 31.4 Å². The summed E-state index contributed by atoms with van der Waals surface area (Å²) in [6.07, 6.45) is 0. The van der Waals surface area contributed by atoms with E-state index < -0.39 is 0 Å². The Morgan fingerprint density at radius 3 is 1.90 bits per heavy atom. The lowest BCUT2D eigenvalue weighted by atomic mass is 10.4. The summed E-state index contributed by atoms with van der Waals surface area (Å²) in [5.41, 5.74) is 0. The zero-order chi connectivity index (χ0) is 7.40. The van der Waals surface area contributed by atoms with Gasteiger partial charge in [-0.2, -0.15) is 0 Å². The fourth-order valence-corrected chi connectivity index (χ4v) is 3.72. The Balaban J connectivity index is 2.87. The van der Waals surface area contributed by atoms with Gasteiger partial charge >= 0.3 is 0 Å². The molecule has 2 radical (unpaired) electrons. The monoisotopic (exact) mass is 360 g/mol. The van der Waals surface area contributed by atoms with E-state index >= 15 is 0 Å². The summed E-state index contributed by atoms with van der Waals surface area (Å²) < 4.78 is 3.16. The van der Waals surface area contributed by atoms with Crippen molar-refractivity contribution in [1.82, 2.24) is 0 Å². The molecule has 0 aliphatic carbocycles. The first-order valence-electron chi connectivity index (χ1n) is 2.96. The van der Waals surface area contributed by atoms with Gasteiger partial charge in [-0.25, -0.2) is 0 Å². The minimum absolute atomic E-state index is 0.304. The lowest BCUT2D eigenvalue weighted by molar-refractivity contribution is 1.59. The van der Waals surface area contributed by atoms with Crippen LogP contribution in [0, 0.1) is 7.14 Å². The standard InChI is InChI=1S/C8H10I2/c1-9-7-4-3-5-8(6-7)10-2/h3-6H,1-2H3. The maximum absolute atomic E-state index is 2.38. The Hall–Kier alpha value is 0.680. The van der Waals surface area contributed by atoms with Gasteiger partial charge in [0.1, 0.15) is 0 Å². The smallest absolute Gasteiger partial charge is 0.00456 e. The summed E-state index contributed by atoms with van der Waals surface area (Å²) in [4.78, 5) is 4.62. The molecule has 0 fully saturated rings. The van der Waals surface area contributed by atoms with Gasteiger partial charge < -0.3 is 0 Å². The topological polar surface area (TPSA) is 0 Å². The third-order valence-corrected chi connectivity index (χ3v) is 5.06. The Morgan fingerprint density at radius 2 is 1.50 bits per heavy atom. The van der Waals surface area contributed by atoms with E-state index in [1.165, 1.54) is 0 Å². The molecule has 1 aromatic carbocycles. The van der Waals surface area contributed by atoms with E-state index in [1.807, 2.05) is 0 Å². The molecule has 0 heterocycles. The van der Waals surface area contributed by atoms with Gasteiger partial charge in [-0.1, -0.05) is 6.07 Å². The van der Waals surface area contributed by atoms with E-state index in [4.69, 9.17) is 0 Å². The average Bonchev–Trinajstić information content (AvgIpc) is 2.05. The average molecular weight is 360 g/mol. The van der Waals surface area contributed by atoms with Crippen molar-refractivity contribution in [2.75, 3.05) is 9.86 Å². The highest BCUT2D eigenvalue weighted by molar-refractivity contribution is 14.2. The van der Waals surface area contributed by atoms with Gasteiger partial charge in [0.05, 0.1) is 0 Å². The van der Waals surface area contributed by atoms with Gasteiger partial charge in [-0.15, -0.1) is 42.4 Å². The molecule has 0 saturated heterocycles. The molecule has 0 aliphatic rings. The second kappa shape index (κ2) is 4.54. The lowest BCUT2D eigenvalue weighted by Crippen LogP contribution is -1.75. The van der Waals surface area contributed by atoms with E-state index in [1.54, 1.807) is 7.14 Å². The summed E-state index contributed by atoms with van der Waals surface area (Å²) in [5.74, 6) is 0. The largest absolute Gasteiger partial charge is 0.118 e. The van der Waals surface area contributed by atoms with Gasteiger partial charge in [0.25, 0.3) is 0 Å². The predicted molar refractivity (Wildman–Crippen MR) is 63.7 cm³/mol. The van der Waals surface area contributed by atoms with Crippen LogP contribution in [0.25, 0.3) is 0 Å². The molecule has 0 N–H and O–H groups in total. The van der Waals surface area contributed by atoms with Crippen LogP contribution in [-0.4, -0.2) is 9.86 Å². The lowest BCUT2D eigenvalue weighted by Gasteiger charge is -1.97. The summed E-state index contributed by atoms with van der Waals surface area (Å²) in [6.45, 7) is 0. The van der Waals surface area contributed by atoms with Crippen LogP contribution in [-0.2, 0) is 0 Å². The first-order valence-corrected chi connectivity index (χ1v) is 9.43. The summed E-state index contributed by atoms with van der Waals surface area (Å²) in [6, 6.07) is 9.06. The van der Waals surface area contributed by atoms with Gasteiger partial charge in [-0.05, 0) is 28.1 Å². The number of alkyl halides is 2. The van der Waals surface area contributed by atoms with Crippen LogP contribution < -0.4 is 0 Å². The fraction of sp³-hybridized carbons (Fsp3) is 0.250. The first-order chi connectivity index (χ1) is 4.86. The highest BCUT2D eigenvalue weighted by Gasteiger charge is 1.90. The van der Waals surface area contributed by atoms with E-state index in [0.29, 0.717) is 42.4 Å². The predicted octanol–water partition coefficient (Wildman–Crippen LogP) is 3.23. The van der Waals surface area contributed by atoms with Crippen LogP contribution in [0.5, 0.6) is 0 Å². The SMILES string of the molecule is C[I]c1cccc([I]C)c1. The van der Waals surface area contributed by atoms with Crippen molar-refractivity contribution in [2.24, 2.45) is 0 Å². The number of hydrogen-bond donors (Lipinski definition) is 0. The molecule has 1 aromatic rings. The van der Waals surface area contributed by atoms with Crippen molar-refractivity contribution in [3.63, 3.8) is 0 Å². The maximum atomic E-state index is 2.38. The van der Waals surface area contributed by atoms with Crippen molar-refractivity contribution >= 4 is 42.4 Å². The molecular weight excluding hydrogens is 350 g/mol. The molecule has 10 heavy (non-hydrogen) atoms. The number of rotatable bonds is 2. The second-order valence-corrected chi connectivity index (χ2v) is 6.47. The Labute approximate surface area is 82.9 Å². The maximum Gasteiger partial charge on any atom is 0.00456 e. The summed E-state index contributed by atoms with van der Waals surface area (Å²) in [7, 11) is 0. The molecule has 0 bridgehead atoms. The molecule has 0 nitrogen and oxygen atoms in total. The van der Waals surface area contributed by atoms with Crippen LogP contribution in [0.2, 0.25) is 0 Å². The van der Waals surface area contributed by atoms with E-state index in [2.05, 4.69) is 34.1 Å². The van der Waals surface area contributed by atoms with Gasteiger partial charge in [0.15, 0.2) is 0 Å². The van der Waals surface area contributed by atoms with E-state index in [9.17, 15) is 0 Å². The highest BCUT2D eigenvalue weighted by atomic mass is 127. The molecule has 0 atom stereocenters. The molecule has 1 rings (SSSR count). The zero-order valence-electron chi connectivity index (χ0n) is 6.07. The van der Waals surface area contributed by atoms with E-state index in [-0.39, 0.29) is 0 Å². The van der Waals surface area contributed by atoms with Crippen molar-refractivity contribution in [3.8, 4) is 0 Å². The normalized spacial score (nSPS) is 9.80. The molecule has 0 saturated carbocycles. The van der Waals surface area contributed by atoms with Gasteiger partial charge in [0, 0.05) is 7.14 Å². The van der Waals surface area contributed by atoms with Crippen molar-refractivity contribution in [2.45, 2.75) is 0 Å². The highest BCUT2D eigenvalue weighted by Crippen LogP contribution is 2.22. The molecule has 0 aliphatic heterocycles. The molecule has 0 spiro atoms. The Morgan fingerprint density at radius 1 is 1.00 bits per heavy atom. The number of benzene rings is 1. The minimum Gasteiger partial charge on any atom is -0.118 e. The first kappa shape index (κ1) is 8.77. The molecule has 2 heteroatoms. The zero-order valence-corrected chi connectivity index (χ0v) is 10.4. The van der Waals surface area contributed by atoms with Gasteiger partial charge in [-0.3, -0.25) is 0 Å². The minimum atomic E-state index is 0.304. The van der Waals surface area contributed by atoms with Crippen LogP contribution in [0.1, 0.15) is 0 Å². The molecular formula is C8H10I2. The number of hydrogen-bond acceptors (Lipinski definition) is 0. The second-order valence-electron chi connectivity index (χ2n) is 1.82. The van der Waals surface area contributed by atoms with Crippen LogP contribution in [0.15, 0.2) is 24.3 Å². The molecule has 56 valence electrons. The quantitative estimate of drug-likeness (QED) is 0.561. The van der Waals surface area contributed by atoms with Crippen molar-refractivity contribution < 1.29 is 0 Å². The summed E-state index contributed by atoms with van der Waals surface area (Å²) in [5, 5.41) is 0. The van der Waals surface area contributed by atoms with Crippen LogP contribution in [0.3, 0.4) is 0 Å².